The summed E-state index contributed by atoms with van der Waals surface area (Å²) in [5, 5.41) is 9.18. The fourth-order valence-corrected chi connectivity index (χ4v) is 0.784. The van der Waals surface area contributed by atoms with Crippen molar-refractivity contribution in [1.82, 2.24) is 0 Å². The summed E-state index contributed by atoms with van der Waals surface area (Å²) in [6, 6.07) is 0. The van der Waals surface area contributed by atoms with Crippen LogP contribution in [0.1, 0.15) is 33.1 Å². The van der Waals surface area contributed by atoms with Crippen LogP contribution in [0.25, 0.3) is 0 Å². The van der Waals surface area contributed by atoms with Crippen LogP contribution in [-0.2, 0) is 9.53 Å². The summed E-state index contributed by atoms with van der Waals surface area (Å²) in [6.07, 6.45) is 3.09. The number of aliphatic hydroxyl groups is 1. The van der Waals surface area contributed by atoms with Crippen LogP contribution in [0.15, 0.2) is 0 Å². The molecular formula is C8H14O3. The number of carbonyl (C=O) groups is 1. The fraction of sp³-hybridized carbons (Fsp3) is 0.875. The lowest BCUT2D eigenvalue weighted by Gasteiger charge is -2.28. The highest BCUT2D eigenvalue weighted by molar-refractivity contribution is 5.78. The third-order valence-electron chi connectivity index (χ3n) is 1.83. The normalized spacial score (nSPS) is 19.2. The van der Waals surface area contributed by atoms with E-state index in [1.54, 1.807) is 0 Å². The summed E-state index contributed by atoms with van der Waals surface area (Å²) in [7, 11) is 0. The lowest BCUT2D eigenvalue weighted by Crippen LogP contribution is -2.37. The Labute approximate surface area is 66.4 Å². The maximum Gasteiger partial charge on any atom is 0.337 e. The maximum absolute atomic E-state index is 11.0. The van der Waals surface area contributed by atoms with Crippen molar-refractivity contribution in [3.8, 4) is 0 Å². The van der Waals surface area contributed by atoms with Gasteiger partial charge in [0.1, 0.15) is 6.10 Å². The summed E-state index contributed by atoms with van der Waals surface area (Å²) in [5.74, 6) is -0.512. The molecular weight excluding hydrogens is 144 g/mol. The molecule has 3 heteroatoms. The number of rotatable bonds is 2. The second-order valence-corrected chi connectivity index (χ2v) is 3.52. The van der Waals surface area contributed by atoms with Crippen molar-refractivity contribution in [2.75, 3.05) is 0 Å². The molecule has 0 heterocycles. The van der Waals surface area contributed by atoms with Crippen LogP contribution in [-0.4, -0.2) is 22.8 Å². The van der Waals surface area contributed by atoms with E-state index in [2.05, 4.69) is 0 Å². The average Bonchev–Trinajstić information content (AvgIpc) is 1.75. The second-order valence-electron chi connectivity index (χ2n) is 3.52. The van der Waals surface area contributed by atoms with E-state index >= 15 is 0 Å². The molecule has 0 saturated heterocycles. The van der Waals surface area contributed by atoms with Crippen LogP contribution >= 0.6 is 0 Å². The van der Waals surface area contributed by atoms with E-state index in [1.807, 2.05) is 0 Å². The van der Waals surface area contributed by atoms with E-state index in [4.69, 9.17) is 4.74 Å². The Morgan fingerprint density at radius 1 is 1.55 bits per heavy atom. The molecule has 0 atom stereocenters. The summed E-state index contributed by atoms with van der Waals surface area (Å²) in [6.45, 7) is 2.88. The van der Waals surface area contributed by atoms with Gasteiger partial charge in [0.25, 0.3) is 0 Å². The Morgan fingerprint density at radius 3 is 2.36 bits per heavy atom. The van der Waals surface area contributed by atoms with Gasteiger partial charge in [-0.15, -0.1) is 0 Å². The van der Waals surface area contributed by atoms with E-state index in [0.29, 0.717) is 0 Å². The van der Waals surface area contributed by atoms with Gasteiger partial charge in [-0.2, -0.15) is 0 Å². The molecule has 0 aromatic carbocycles. The average molecular weight is 158 g/mol. The first-order valence-corrected chi connectivity index (χ1v) is 3.93. The highest BCUT2D eigenvalue weighted by Crippen LogP contribution is 2.23. The van der Waals surface area contributed by atoms with E-state index in [1.165, 1.54) is 13.8 Å². The highest BCUT2D eigenvalue weighted by atomic mass is 16.6. The standard InChI is InChI=1S/C8H14O3/c1-8(2,10)7(9)11-6-4-3-5-6/h6,10H,3-5H2,1-2H3. The first-order chi connectivity index (χ1) is 5.00. The van der Waals surface area contributed by atoms with E-state index < -0.39 is 11.6 Å². The Balaban J connectivity index is 2.30. The number of ether oxygens (including phenoxy) is 1. The second kappa shape index (κ2) is 2.81. The third-order valence-corrected chi connectivity index (χ3v) is 1.83. The summed E-state index contributed by atoms with van der Waals surface area (Å²) < 4.78 is 4.96. The van der Waals surface area contributed by atoms with Crippen LogP contribution < -0.4 is 0 Å². The van der Waals surface area contributed by atoms with Gasteiger partial charge in [-0.3, -0.25) is 0 Å². The fourth-order valence-electron chi connectivity index (χ4n) is 0.784. The predicted molar refractivity (Wildman–Crippen MR) is 40.0 cm³/mol. The summed E-state index contributed by atoms with van der Waals surface area (Å²) in [5.41, 5.74) is -1.34. The van der Waals surface area contributed by atoms with E-state index in [9.17, 15) is 9.90 Å². The molecule has 1 aliphatic carbocycles. The van der Waals surface area contributed by atoms with Crippen molar-refractivity contribution in [3.05, 3.63) is 0 Å². The Kier molecular flexibility index (Phi) is 2.18. The van der Waals surface area contributed by atoms with Crippen molar-refractivity contribution in [2.45, 2.75) is 44.8 Å². The van der Waals surface area contributed by atoms with Gasteiger partial charge in [0.05, 0.1) is 0 Å². The van der Waals surface area contributed by atoms with Crippen molar-refractivity contribution in [1.29, 1.82) is 0 Å². The van der Waals surface area contributed by atoms with E-state index in [0.717, 1.165) is 19.3 Å². The molecule has 0 unspecified atom stereocenters. The minimum atomic E-state index is -1.34. The van der Waals surface area contributed by atoms with Gasteiger partial charge >= 0.3 is 5.97 Å². The summed E-state index contributed by atoms with van der Waals surface area (Å²) >= 11 is 0. The number of esters is 1. The molecule has 0 bridgehead atoms. The molecule has 0 radical (unpaired) electrons. The Hall–Kier alpha value is -0.570. The molecule has 0 aliphatic heterocycles. The molecule has 1 N–H and O–H groups in total. The minimum absolute atomic E-state index is 0.0638. The molecule has 0 aromatic rings. The van der Waals surface area contributed by atoms with Gasteiger partial charge in [-0.1, -0.05) is 0 Å². The Morgan fingerprint density at radius 2 is 2.09 bits per heavy atom. The molecule has 1 rings (SSSR count). The largest absolute Gasteiger partial charge is 0.460 e. The van der Waals surface area contributed by atoms with Crippen molar-refractivity contribution in [2.24, 2.45) is 0 Å². The zero-order chi connectivity index (χ0) is 8.48. The zero-order valence-corrected chi connectivity index (χ0v) is 6.96. The lowest BCUT2D eigenvalue weighted by atomic mass is 9.96. The van der Waals surface area contributed by atoms with Crippen LogP contribution in [0.2, 0.25) is 0 Å². The molecule has 0 amide bonds. The van der Waals surface area contributed by atoms with Crippen molar-refractivity contribution < 1.29 is 14.6 Å². The van der Waals surface area contributed by atoms with Crippen molar-refractivity contribution >= 4 is 5.97 Å². The van der Waals surface area contributed by atoms with Gasteiger partial charge in [0, 0.05) is 0 Å². The zero-order valence-electron chi connectivity index (χ0n) is 6.96. The topological polar surface area (TPSA) is 46.5 Å². The van der Waals surface area contributed by atoms with Crippen LogP contribution in [0, 0.1) is 0 Å². The van der Waals surface area contributed by atoms with Gasteiger partial charge in [0.2, 0.25) is 0 Å². The molecule has 11 heavy (non-hydrogen) atoms. The van der Waals surface area contributed by atoms with Crippen LogP contribution in [0.4, 0.5) is 0 Å². The Bertz CT molecular complexity index is 153. The van der Waals surface area contributed by atoms with Gasteiger partial charge in [-0.05, 0) is 33.1 Å². The van der Waals surface area contributed by atoms with Gasteiger partial charge < -0.3 is 9.84 Å². The van der Waals surface area contributed by atoms with Crippen LogP contribution in [0.3, 0.4) is 0 Å². The number of hydrogen-bond donors (Lipinski definition) is 1. The van der Waals surface area contributed by atoms with Crippen LogP contribution in [0.5, 0.6) is 0 Å². The molecule has 1 saturated carbocycles. The molecule has 1 fully saturated rings. The molecule has 0 spiro atoms. The molecule has 64 valence electrons. The number of carbonyl (C=O) groups excluding carboxylic acids is 1. The first-order valence-electron chi connectivity index (χ1n) is 3.93. The minimum Gasteiger partial charge on any atom is -0.460 e. The van der Waals surface area contributed by atoms with Gasteiger partial charge in [0.15, 0.2) is 5.60 Å². The molecule has 1 aliphatic rings. The lowest BCUT2D eigenvalue weighted by molar-refractivity contribution is -0.171. The monoisotopic (exact) mass is 158 g/mol. The van der Waals surface area contributed by atoms with E-state index in [-0.39, 0.29) is 6.10 Å². The smallest absolute Gasteiger partial charge is 0.337 e. The van der Waals surface area contributed by atoms with Gasteiger partial charge in [-0.25, -0.2) is 4.79 Å². The SMILES string of the molecule is CC(C)(O)C(=O)OC1CCC1. The predicted octanol–water partition coefficient (Wildman–Crippen LogP) is 0.853. The number of hydrogen-bond acceptors (Lipinski definition) is 3. The summed E-state index contributed by atoms with van der Waals surface area (Å²) in [4.78, 5) is 11.0. The molecule has 3 nitrogen and oxygen atoms in total. The molecule has 0 aromatic heterocycles. The first kappa shape index (κ1) is 8.53. The quantitative estimate of drug-likeness (QED) is 0.606. The van der Waals surface area contributed by atoms with Crippen molar-refractivity contribution in [3.63, 3.8) is 0 Å². The highest BCUT2D eigenvalue weighted by Gasteiger charge is 2.30. The third kappa shape index (κ3) is 2.19. The maximum atomic E-state index is 11.0.